The number of likely N-dealkylation sites (N-methyl/N-ethyl adjacent to an activating group) is 1. The standard InChI is InChI=1S/C24H24ClFN2O4S/c1-27(16-19-10-6-7-11-22(19)26)24(29)17-28(15-18-8-4-3-5-9-18)33(30,31)20-12-13-23(32-2)21(25)14-20/h3-14H,15-17H2,1-2H3. The van der Waals surface area contributed by atoms with E-state index in [1.807, 2.05) is 6.07 Å². The van der Waals surface area contributed by atoms with Crippen LogP contribution in [0.25, 0.3) is 0 Å². The highest BCUT2D eigenvalue weighted by molar-refractivity contribution is 7.89. The van der Waals surface area contributed by atoms with Crippen molar-refractivity contribution in [2.24, 2.45) is 0 Å². The third-order valence-electron chi connectivity index (χ3n) is 5.07. The first-order valence-corrected chi connectivity index (χ1v) is 11.9. The van der Waals surface area contributed by atoms with Crippen molar-refractivity contribution >= 4 is 27.5 Å². The average Bonchev–Trinajstić information content (AvgIpc) is 2.80. The number of methoxy groups -OCH3 is 1. The highest BCUT2D eigenvalue weighted by Crippen LogP contribution is 2.29. The monoisotopic (exact) mass is 490 g/mol. The van der Waals surface area contributed by atoms with E-state index >= 15 is 0 Å². The number of carbonyl (C=O) groups is 1. The molecule has 0 unspecified atom stereocenters. The molecular weight excluding hydrogens is 467 g/mol. The molecule has 174 valence electrons. The fraction of sp³-hybridized carbons (Fsp3) is 0.208. The SMILES string of the molecule is COc1ccc(S(=O)(=O)N(CC(=O)N(C)Cc2ccccc2F)Cc2ccccc2)cc1Cl. The first-order chi connectivity index (χ1) is 15.7. The molecule has 0 aliphatic heterocycles. The fourth-order valence-electron chi connectivity index (χ4n) is 3.21. The number of sulfonamides is 1. The molecule has 6 nitrogen and oxygen atoms in total. The fourth-order valence-corrected chi connectivity index (χ4v) is 4.94. The molecule has 0 aromatic heterocycles. The van der Waals surface area contributed by atoms with Gasteiger partial charge in [0.15, 0.2) is 0 Å². The molecule has 0 bridgehead atoms. The molecule has 0 aliphatic rings. The Kier molecular flexibility index (Phi) is 8.07. The van der Waals surface area contributed by atoms with Gasteiger partial charge in [-0.15, -0.1) is 0 Å². The summed E-state index contributed by atoms with van der Waals surface area (Å²) in [6, 6.07) is 19.2. The van der Waals surface area contributed by atoms with Crippen LogP contribution in [0.15, 0.2) is 77.7 Å². The first-order valence-electron chi connectivity index (χ1n) is 10.1. The van der Waals surface area contributed by atoms with Crippen LogP contribution in [0.3, 0.4) is 0 Å². The van der Waals surface area contributed by atoms with Crippen molar-refractivity contribution in [1.82, 2.24) is 9.21 Å². The largest absolute Gasteiger partial charge is 0.495 e. The van der Waals surface area contributed by atoms with E-state index in [2.05, 4.69) is 0 Å². The third-order valence-corrected chi connectivity index (χ3v) is 7.15. The van der Waals surface area contributed by atoms with Gasteiger partial charge in [-0.2, -0.15) is 4.31 Å². The van der Waals surface area contributed by atoms with Crippen molar-refractivity contribution in [3.05, 3.63) is 94.8 Å². The summed E-state index contributed by atoms with van der Waals surface area (Å²) in [5.74, 6) is -0.568. The van der Waals surface area contributed by atoms with Gasteiger partial charge in [-0.1, -0.05) is 60.1 Å². The maximum absolute atomic E-state index is 14.0. The molecule has 0 spiro atoms. The van der Waals surface area contributed by atoms with Crippen LogP contribution in [0, 0.1) is 5.82 Å². The summed E-state index contributed by atoms with van der Waals surface area (Å²) >= 11 is 6.14. The van der Waals surface area contributed by atoms with Crippen LogP contribution in [0.5, 0.6) is 5.75 Å². The lowest BCUT2D eigenvalue weighted by molar-refractivity contribution is -0.130. The second kappa shape index (κ2) is 10.8. The second-order valence-electron chi connectivity index (χ2n) is 7.40. The van der Waals surface area contributed by atoms with Gasteiger partial charge in [0.2, 0.25) is 15.9 Å². The van der Waals surface area contributed by atoms with Crippen molar-refractivity contribution in [1.29, 1.82) is 0 Å². The number of benzene rings is 3. The number of amides is 1. The Bertz CT molecular complexity index is 1220. The molecule has 0 heterocycles. The summed E-state index contributed by atoms with van der Waals surface area (Å²) in [5.41, 5.74) is 1.05. The summed E-state index contributed by atoms with van der Waals surface area (Å²) in [4.78, 5) is 14.2. The lowest BCUT2D eigenvalue weighted by atomic mass is 10.2. The number of ether oxygens (including phenoxy) is 1. The molecule has 9 heteroatoms. The lowest BCUT2D eigenvalue weighted by Crippen LogP contribution is -2.41. The average molecular weight is 491 g/mol. The van der Waals surface area contributed by atoms with Gasteiger partial charge in [0.05, 0.1) is 23.6 Å². The number of rotatable bonds is 9. The third kappa shape index (κ3) is 6.10. The Morgan fingerprint density at radius 1 is 1.00 bits per heavy atom. The highest BCUT2D eigenvalue weighted by atomic mass is 35.5. The maximum Gasteiger partial charge on any atom is 0.243 e. The molecule has 0 saturated carbocycles. The second-order valence-corrected chi connectivity index (χ2v) is 9.74. The van der Waals surface area contributed by atoms with E-state index in [9.17, 15) is 17.6 Å². The van der Waals surface area contributed by atoms with E-state index in [1.54, 1.807) is 42.5 Å². The van der Waals surface area contributed by atoms with Crippen LogP contribution in [0.1, 0.15) is 11.1 Å². The zero-order valence-corrected chi connectivity index (χ0v) is 19.8. The predicted octanol–water partition coefficient (Wildman–Crippen LogP) is 4.34. The normalized spacial score (nSPS) is 11.4. The smallest absolute Gasteiger partial charge is 0.243 e. The predicted molar refractivity (Wildman–Crippen MR) is 125 cm³/mol. The van der Waals surface area contributed by atoms with E-state index in [0.717, 1.165) is 4.31 Å². The van der Waals surface area contributed by atoms with Crippen molar-refractivity contribution in [2.45, 2.75) is 18.0 Å². The molecule has 1 amide bonds. The van der Waals surface area contributed by atoms with Gasteiger partial charge in [0.1, 0.15) is 11.6 Å². The summed E-state index contributed by atoms with van der Waals surface area (Å²) in [6.07, 6.45) is 0. The zero-order valence-electron chi connectivity index (χ0n) is 18.2. The number of carbonyl (C=O) groups excluding carboxylic acids is 1. The van der Waals surface area contributed by atoms with Crippen molar-refractivity contribution < 1.29 is 22.3 Å². The van der Waals surface area contributed by atoms with Crippen molar-refractivity contribution in [2.75, 3.05) is 20.7 Å². The highest BCUT2D eigenvalue weighted by Gasteiger charge is 2.29. The molecular formula is C24H24ClFN2O4S. The van der Waals surface area contributed by atoms with Crippen molar-refractivity contribution in [3.8, 4) is 5.75 Å². The topological polar surface area (TPSA) is 66.9 Å². The zero-order chi connectivity index (χ0) is 24.0. The van der Waals surface area contributed by atoms with Gasteiger partial charge in [-0.3, -0.25) is 4.79 Å². The van der Waals surface area contributed by atoms with Crippen LogP contribution in [0.4, 0.5) is 4.39 Å². The molecule has 3 rings (SSSR count). The van der Waals surface area contributed by atoms with E-state index in [4.69, 9.17) is 16.3 Å². The Labute approximate surface area is 198 Å². The summed E-state index contributed by atoms with van der Waals surface area (Å²) in [5, 5.41) is 0.140. The van der Waals surface area contributed by atoms with Gasteiger partial charge in [-0.25, -0.2) is 12.8 Å². The van der Waals surface area contributed by atoms with Crippen LogP contribution >= 0.6 is 11.6 Å². The van der Waals surface area contributed by atoms with E-state index in [-0.39, 0.29) is 23.0 Å². The van der Waals surface area contributed by atoms with Crippen LogP contribution in [-0.4, -0.2) is 44.2 Å². The number of hydrogen-bond acceptors (Lipinski definition) is 4. The first kappa shape index (κ1) is 24.7. The summed E-state index contributed by atoms with van der Waals surface area (Å²) in [7, 11) is -1.15. The molecule has 0 radical (unpaired) electrons. The van der Waals surface area contributed by atoms with Crippen LogP contribution in [-0.2, 0) is 27.9 Å². The number of nitrogens with zero attached hydrogens (tertiary/aromatic N) is 2. The van der Waals surface area contributed by atoms with Gasteiger partial charge in [-0.05, 0) is 29.8 Å². The van der Waals surface area contributed by atoms with E-state index in [1.165, 1.54) is 43.3 Å². The number of hydrogen-bond donors (Lipinski definition) is 0. The lowest BCUT2D eigenvalue weighted by Gasteiger charge is -2.25. The van der Waals surface area contributed by atoms with Crippen LogP contribution < -0.4 is 4.74 Å². The van der Waals surface area contributed by atoms with Gasteiger partial charge >= 0.3 is 0 Å². The Morgan fingerprint density at radius 3 is 2.30 bits per heavy atom. The van der Waals surface area contributed by atoms with Gasteiger partial charge in [0.25, 0.3) is 0 Å². The van der Waals surface area contributed by atoms with E-state index < -0.39 is 28.3 Å². The molecule has 3 aromatic carbocycles. The Balaban J connectivity index is 1.88. The minimum absolute atomic E-state index is 0.0130. The molecule has 0 N–H and O–H groups in total. The molecule has 0 saturated heterocycles. The molecule has 0 fully saturated rings. The van der Waals surface area contributed by atoms with Crippen molar-refractivity contribution in [3.63, 3.8) is 0 Å². The maximum atomic E-state index is 14.0. The van der Waals surface area contributed by atoms with E-state index in [0.29, 0.717) is 16.9 Å². The van der Waals surface area contributed by atoms with Gasteiger partial charge in [0, 0.05) is 25.7 Å². The molecule has 0 aliphatic carbocycles. The minimum Gasteiger partial charge on any atom is -0.495 e. The number of halogens is 2. The Hall–Kier alpha value is -2.94. The van der Waals surface area contributed by atoms with Crippen LogP contribution in [0.2, 0.25) is 5.02 Å². The minimum atomic E-state index is -4.08. The molecule has 0 atom stereocenters. The Morgan fingerprint density at radius 2 is 1.67 bits per heavy atom. The summed E-state index contributed by atoms with van der Waals surface area (Å²) < 4.78 is 47.1. The van der Waals surface area contributed by atoms with Gasteiger partial charge < -0.3 is 9.64 Å². The molecule has 33 heavy (non-hydrogen) atoms. The molecule has 3 aromatic rings. The quantitative estimate of drug-likeness (QED) is 0.447. The summed E-state index contributed by atoms with van der Waals surface area (Å²) in [6.45, 7) is -0.434.